The van der Waals surface area contributed by atoms with Crippen LogP contribution in [0.5, 0.6) is 11.5 Å². The Bertz CT molecular complexity index is 543. The van der Waals surface area contributed by atoms with Crippen molar-refractivity contribution < 1.29 is 17.9 Å². The molecule has 0 radical (unpaired) electrons. The number of sulfone groups is 1. The van der Waals surface area contributed by atoms with Crippen molar-refractivity contribution >= 4 is 9.84 Å². The minimum absolute atomic E-state index is 0.134. The summed E-state index contributed by atoms with van der Waals surface area (Å²) in [6.07, 6.45) is 1.71. The summed E-state index contributed by atoms with van der Waals surface area (Å²) in [5.41, 5.74) is 1.04. The van der Waals surface area contributed by atoms with Crippen molar-refractivity contribution in [2.45, 2.75) is 26.3 Å². The first-order valence-electron chi connectivity index (χ1n) is 7.09. The molecule has 0 spiro atoms. The van der Waals surface area contributed by atoms with E-state index in [0.717, 1.165) is 23.6 Å². The molecule has 1 rings (SSSR count). The second-order valence-electron chi connectivity index (χ2n) is 5.02. The molecular formula is C15H25NO4S. The Morgan fingerprint density at radius 1 is 1.33 bits per heavy atom. The highest BCUT2D eigenvalue weighted by molar-refractivity contribution is 7.90. The zero-order chi connectivity index (χ0) is 15.9. The molecule has 6 heteroatoms. The van der Waals surface area contributed by atoms with Gasteiger partial charge in [-0.2, -0.15) is 0 Å². The van der Waals surface area contributed by atoms with Crippen LogP contribution in [0, 0.1) is 0 Å². The fraction of sp³-hybridized carbons (Fsp3) is 0.600. The molecule has 0 bridgehead atoms. The number of nitrogens with one attached hydrogen (secondary N) is 1. The number of benzene rings is 1. The van der Waals surface area contributed by atoms with Gasteiger partial charge in [0, 0.05) is 23.9 Å². The van der Waals surface area contributed by atoms with Crippen LogP contribution in [0.4, 0.5) is 0 Å². The number of rotatable bonds is 9. The topological polar surface area (TPSA) is 64.6 Å². The number of ether oxygens (including phenoxy) is 2. The molecule has 0 heterocycles. The van der Waals surface area contributed by atoms with E-state index in [1.807, 2.05) is 25.1 Å². The van der Waals surface area contributed by atoms with Gasteiger partial charge in [-0.05, 0) is 26.0 Å². The minimum atomic E-state index is -2.94. The lowest BCUT2D eigenvalue weighted by atomic mass is 10.1. The molecule has 1 aromatic rings. The Hall–Kier alpha value is -1.27. The SMILES string of the molecule is CCNC(C)c1ccc(OC)cc1OCCCS(C)(=O)=O. The van der Waals surface area contributed by atoms with E-state index < -0.39 is 9.84 Å². The molecule has 0 fully saturated rings. The van der Waals surface area contributed by atoms with Crippen LogP contribution in [-0.2, 0) is 9.84 Å². The first-order chi connectivity index (χ1) is 9.87. The van der Waals surface area contributed by atoms with E-state index in [1.165, 1.54) is 6.26 Å². The van der Waals surface area contributed by atoms with E-state index in [1.54, 1.807) is 7.11 Å². The first-order valence-corrected chi connectivity index (χ1v) is 9.15. The predicted octanol–water partition coefficient (Wildman–Crippen LogP) is 2.18. The molecule has 0 aliphatic heterocycles. The van der Waals surface area contributed by atoms with Gasteiger partial charge in [-0.3, -0.25) is 0 Å². The van der Waals surface area contributed by atoms with E-state index in [9.17, 15) is 8.42 Å². The molecule has 1 N–H and O–H groups in total. The Morgan fingerprint density at radius 2 is 2.05 bits per heavy atom. The van der Waals surface area contributed by atoms with Gasteiger partial charge in [0.15, 0.2) is 0 Å². The van der Waals surface area contributed by atoms with Gasteiger partial charge in [-0.1, -0.05) is 13.0 Å². The average Bonchev–Trinajstić information content (AvgIpc) is 2.42. The summed E-state index contributed by atoms with van der Waals surface area (Å²) in [7, 11) is -1.34. The van der Waals surface area contributed by atoms with Crippen LogP contribution in [0.2, 0.25) is 0 Å². The lowest BCUT2D eigenvalue weighted by Crippen LogP contribution is -2.19. The van der Waals surface area contributed by atoms with Crippen LogP contribution in [0.15, 0.2) is 18.2 Å². The predicted molar refractivity (Wildman–Crippen MR) is 84.9 cm³/mol. The second-order valence-corrected chi connectivity index (χ2v) is 7.27. The van der Waals surface area contributed by atoms with Crippen molar-refractivity contribution in [1.29, 1.82) is 0 Å². The highest BCUT2D eigenvalue weighted by atomic mass is 32.2. The summed E-state index contributed by atoms with van der Waals surface area (Å²) in [4.78, 5) is 0. The summed E-state index contributed by atoms with van der Waals surface area (Å²) < 4.78 is 33.2. The molecule has 120 valence electrons. The Balaban J connectivity index is 2.76. The van der Waals surface area contributed by atoms with Crippen molar-refractivity contribution in [2.24, 2.45) is 0 Å². The Morgan fingerprint density at radius 3 is 2.62 bits per heavy atom. The van der Waals surface area contributed by atoms with Gasteiger partial charge in [0.1, 0.15) is 21.3 Å². The maximum Gasteiger partial charge on any atom is 0.147 e. The van der Waals surface area contributed by atoms with Crippen molar-refractivity contribution in [3.8, 4) is 11.5 Å². The summed E-state index contributed by atoms with van der Waals surface area (Å²) in [5.74, 6) is 1.59. The van der Waals surface area contributed by atoms with E-state index in [2.05, 4.69) is 12.2 Å². The quantitative estimate of drug-likeness (QED) is 0.708. The van der Waals surface area contributed by atoms with Gasteiger partial charge >= 0.3 is 0 Å². The Kier molecular flexibility index (Phi) is 6.98. The highest BCUT2D eigenvalue weighted by Crippen LogP contribution is 2.29. The summed E-state index contributed by atoms with van der Waals surface area (Å²) in [6.45, 7) is 5.34. The lowest BCUT2D eigenvalue weighted by Gasteiger charge is -2.18. The first kappa shape index (κ1) is 17.8. The third kappa shape index (κ3) is 6.35. The molecule has 5 nitrogen and oxygen atoms in total. The van der Waals surface area contributed by atoms with Crippen LogP contribution >= 0.6 is 0 Å². The smallest absolute Gasteiger partial charge is 0.147 e. The molecule has 1 unspecified atom stereocenters. The maximum atomic E-state index is 11.1. The molecule has 0 saturated carbocycles. The van der Waals surface area contributed by atoms with E-state index in [-0.39, 0.29) is 11.8 Å². The van der Waals surface area contributed by atoms with Gasteiger partial charge in [-0.15, -0.1) is 0 Å². The van der Waals surface area contributed by atoms with Gasteiger partial charge in [0.2, 0.25) is 0 Å². The molecule has 0 aromatic heterocycles. The standard InChI is InChI=1S/C15H25NO4S/c1-5-16-12(2)14-8-7-13(19-3)11-15(14)20-9-6-10-21(4,17)18/h7-8,11-12,16H,5-6,9-10H2,1-4H3. The van der Waals surface area contributed by atoms with E-state index in [0.29, 0.717) is 13.0 Å². The van der Waals surface area contributed by atoms with Gasteiger partial charge in [-0.25, -0.2) is 8.42 Å². The molecule has 0 aliphatic rings. The van der Waals surface area contributed by atoms with Crippen LogP contribution in [-0.4, -0.2) is 40.7 Å². The third-order valence-electron chi connectivity index (χ3n) is 3.11. The average molecular weight is 315 g/mol. The van der Waals surface area contributed by atoms with E-state index in [4.69, 9.17) is 9.47 Å². The molecule has 0 aliphatic carbocycles. The molecule has 21 heavy (non-hydrogen) atoms. The second kappa shape index (κ2) is 8.24. The molecular weight excluding hydrogens is 290 g/mol. The fourth-order valence-electron chi connectivity index (χ4n) is 2.04. The van der Waals surface area contributed by atoms with Crippen molar-refractivity contribution in [3.05, 3.63) is 23.8 Å². The van der Waals surface area contributed by atoms with Crippen LogP contribution in [0.3, 0.4) is 0 Å². The van der Waals surface area contributed by atoms with Gasteiger partial charge in [0.25, 0.3) is 0 Å². The minimum Gasteiger partial charge on any atom is -0.497 e. The lowest BCUT2D eigenvalue weighted by molar-refractivity contribution is 0.308. The Labute approximate surface area is 127 Å². The van der Waals surface area contributed by atoms with Gasteiger partial charge in [0.05, 0.1) is 19.5 Å². The zero-order valence-corrected chi connectivity index (χ0v) is 14.0. The summed E-state index contributed by atoms with van der Waals surface area (Å²) >= 11 is 0. The largest absolute Gasteiger partial charge is 0.497 e. The number of methoxy groups -OCH3 is 1. The molecule has 1 atom stereocenters. The molecule has 0 saturated heterocycles. The van der Waals surface area contributed by atoms with Crippen LogP contribution in [0.1, 0.15) is 31.9 Å². The molecule has 1 aromatic carbocycles. The monoisotopic (exact) mass is 315 g/mol. The number of hydrogen-bond donors (Lipinski definition) is 1. The zero-order valence-electron chi connectivity index (χ0n) is 13.2. The van der Waals surface area contributed by atoms with Gasteiger partial charge < -0.3 is 14.8 Å². The van der Waals surface area contributed by atoms with Crippen molar-refractivity contribution in [3.63, 3.8) is 0 Å². The maximum absolute atomic E-state index is 11.1. The molecule has 0 amide bonds. The third-order valence-corrected chi connectivity index (χ3v) is 4.14. The van der Waals surface area contributed by atoms with Crippen molar-refractivity contribution in [2.75, 3.05) is 32.3 Å². The summed E-state index contributed by atoms with van der Waals surface area (Å²) in [5, 5.41) is 3.34. The van der Waals surface area contributed by atoms with Crippen LogP contribution in [0.25, 0.3) is 0 Å². The fourth-order valence-corrected chi connectivity index (χ4v) is 2.69. The summed E-state index contributed by atoms with van der Waals surface area (Å²) in [6, 6.07) is 5.86. The van der Waals surface area contributed by atoms with Crippen LogP contribution < -0.4 is 14.8 Å². The van der Waals surface area contributed by atoms with E-state index >= 15 is 0 Å². The normalized spacial score (nSPS) is 13.0. The number of hydrogen-bond acceptors (Lipinski definition) is 5. The van der Waals surface area contributed by atoms with Crippen molar-refractivity contribution in [1.82, 2.24) is 5.32 Å². The highest BCUT2D eigenvalue weighted by Gasteiger charge is 2.12.